The minimum Gasteiger partial charge on any atom is -0.333 e. The first kappa shape index (κ1) is 10.5. The molecule has 0 aliphatic heterocycles. The van der Waals surface area contributed by atoms with Gasteiger partial charge in [0.1, 0.15) is 0 Å². The van der Waals surface area contributed by atoms with Crippen molar-refractivity contribution in [1.82, 2.24) is 10.2 Å². The van der Waals surface area contributed by atoms with E-state index in [9.17, 15) is 4.79 Å². The summed E-state index contributed by atoms with van der Waals surface area (Å²) in [7, 11) is 3.44. The molecule has 0 aliphatic carbocycles. The van der Waals surface area contributed by atoms with Gasteiger partial charge in [-0.15, -0.1) is 11.3 Å². The standard InChI is InChI=1S/C8H11BrN2OS/c1-11(2)8(12)10-4-7-3-6(9)5-13-7/h3,5H,4H2,1-2H3,(H,10,12). The minimum atomic E-state index is -0.0653. The Kier molecular flexibility index (Phi) is 3.74. The Balaban J connectivity index is 2.39. The van der Waals surface area contributed by atoms with Gasteiger partial charge < -0.3 is 10.2 Å². The first-order chi connectivity index (χ1) is 6.09. The van der Waals surface area contributed by atoms with E-state index in [1.165, 1.54) is 4.90 Å². The molecule has 0 saturated heterocycles. The van der Waals surface area contributed by atoms with Crippen molar-refractivity contribution < 1.29 is 4.79 Å². The second-order valence-electron chi connectivity index (χ2n) is 2.78. The largest absolute Gasteiger partial charge is 0.333 e. The molecule has 13 heavy (non-hydrogen) atoms. The van der Waals surface area contributed by atoms with Crippen molar-refractivity contribution in [3.05, 3.63) is 20.8 Å². The zero-order valence-corrected chi connectivity index (χ0v) is 9.91. The summed E-state index contributed by atoms with van der Waals surface area (Å²) in [5.74, 6) is 0. The molecule has 5 heteroatoms. The summed E-state index contributed by atoms with van der Waals surface area (Å²) in [4.78, 5) is 13.8. The predicted molar refractivity (Wildman–Crippen MR) is 57.9 cm³/mol. The molecule has 1 rings (SSSR count). The molecular formula is C8H11BrN2OS. The SMILES string of the molecule is CN(C)C(=O)NCc1cc(Br)cs1. The van der Waals surface area contributed by atoms with E-state index in [0.29, 0.717) is 6.54 Å². The maximum absolute atomic E-state index is 11.1. The average Bonchev–Trinajstić information content (AvgIpc) is 2.47. The molecular weight excluding hydrogens is 252 g/mol. The van der Waals surface area contributed by atoms with Gasteiger partial charge in [0.05, 0.1) is 6.54 Å². The Hall–Kier alpha value is -0.550. The number of hydrogen-bond acceptors (Lipinski definition) is 2. The predicted octanol–water partition coefficient (Wildman–Crippen LogP) is 2.28. The van der Waals surface area contributed by atoms with Crippen molar-refractivity contribution in [1.29, 1.82) is 0 Å². The summed E-state index contributed by atoms with van der Waals surface area (Å²) < 4.78 is 1.06. The smallest absolute Gasteiger partial charge is 0.317 e. The van der Waals surface area contributed by atoms with E-state index in [1.807, 2.05) is 11.4 Å². The van der Waals surface area contributed by atoms with Crippen LogP contribution in [0.1, 0.15) is 4.88 Å². The molecule has 0 atom stereocenters. The van der Waals surface area contributed by atoms with E-state index in [1.54, 1.807) is 25.4 Å². The van der Waals surface area contributed by atoms with Crippen LogP contribution in [0.15, 0.2) is 15.9 Å². The molecule has 0 spiro atoms. The fourth-order valence-corrected chi connectivity index (χ4v) is 2.16. The van der Waals surface area contributed by atoms with Gasteiger partial charge in [-0.25, -0.2) is 4.79 Å². The number of carbonyl (C=O) groups excluding carboxylic acids is 1. The van der Waals surface area contributed by atoms with E-state index in [4.69, 9.17) is 0 Å². The highest BCUT2D eigenvalue weighted by atomic mass is 79.9. The van der Waals surface area contributed by atoms with Crippen LogP contribution in [0.4, 0.5) is 4.79 Å². The molecule has 1 N–H and O–H groups in total. The van der Waals surface area contributed by atoms with Crippen molar-refractivity contribution in [2.24, 2.45) is 0 Å². The molecule has 2 amide bonds. The van der Waals surface area contributed by atoms with Gasteiger partial charge in [0.25, 0.3) is 0 Å². The van der Waals surface area contributed by atoms with Gasteiger partial charge in [0.15, 0.2) is 0 Å². The molecule has 0 bridgehead atoms. The number of nitrogens with zero attached hydrogens (tertiary/aromatic N) is 1. The molecule has 0 fully saturated rings. The molecule has 0 saturated carbocycles. The second kappa shape index (κ2) is 4.62. The number of rotatable bonds is 2. The summed E-state index contributed by atoms with van der Waals surface area (Å²) >= 11 is 4.98. The summed E-state index contributed by atoms with van der Waals surface area (Å²) in [6, 6.07) is 1.94. The molecule has 0 unspecified atom stereocenters. The van der Waals surface area contributed by atoms with Crippen LogP contribution in [-0.2, 0) is 6.54 Å². The molecule has 0 aliphatic rings. The normalized spacial score (nSPS) is 9.77. The van der Waals surface area contributed by atoms with E-state index >= 15 is 0 Å². The molecule has 1 aromatic heterocycles. The van der Waals surface area contributed by atoms with Crippen LogP contribution >= 0.6 is 27.3 Å². The Labute approximate surface area is 89.9 Å². The van der Waals surface area contributed by atoms with E-state index in [2.05, 4.69) is 21.2 Å². The lowest BCUT2D eigenvalue weighted by Crippen LogP contribution is -2.33. The molecule has 1 heterocycles. The zero-order chi connectivity index (χ0) is 9.84. The van der Waals surface area contributed by atoms with Crippen molar-refractivity contribution in [3.63, 3.8) is 0 Å². The highest BCUT2D eigenvalue weighted by Crippen LogP contribution is 2.19. The third-order valence-electron chi connectivity index (χ3n) is 1.44. The van der Waals surface area contributed by atoms with Crippen LogP contribution in [-0.4, -0.2) is 25.0 Å². The number of carbonyl (C=O) groups is 1. The third kappa shape index (κ3) is 3.36. The van der Waals surface area contributed by atoms with Gasteiger partial charge in [-0.2, -0.15) is 0 Å². The highest BCUT2D eigenvalue weighted by Gasteiger charge is 2.03. The second-order valence-corrected chi connectivity index (χ2v) is 4.70. The average molecular weight is 263 g/mol. The number of nitrogens with one attached hydrogen (secondary N) is 1. The van der Waals surface area contributed by atoms with Crippen molar-refractivity contribution in [2.45, 2.75) is 6.54 Å². The summed E-state index contributed by atoms with van der Waals surface area (Å²) in [5, 5.41) is 4.79. The van der Waals surface area contributed by atoms with Crippen molar-refractivity contribution in [3.8, 4) is 0 Å². The molecule has 3 nitrogen and oxygen atoms in total. The monoisotopic (exact) mass is 262 g/mol. The lowest BCUT2D eigenvalue weighted by atomic mass is 10.5. The summed E-state index contributed by atoms with van der Waals surface area (Å²) in [6.45, 7) is 0.591. The van der Waals surface area contributed by atoms with Gasteiger partial charge >= 0.3 is 6.03 Å². The van der Waals surface area contributed by atoms with Gasteiger partial charge in [-0.05, 0) is 22.0 Å². The van der Waals surface area contributed by atoms with Crippen LogP contribution in [0.2, 0.25) is 0 Å². The summed E-state index contributed by atoms with van der Waals surface area (Å²) in [6.07, 6.45) is 0. The first-order valence-electron chi connectivity index (χ1n) is 3.77. The minimum absolute atomic E-state index is 0.0653. The van der Waals surface area contributed by atoms with Gasteiger partial charge in [0.2, 0.25) is 0 Å². The van der Waals surface area contributed by atoms with E-state index in [0.717, 1.165) is 9.35 Å². The van der Waals surface area contributed by atoms with Crippen LogP contribution in [0.3, 0.4) is 0 Å². The zero-order valence-electron chi connectivity index (χ0n) is 7.50. The van der Waals surface area contributed by atoms with Crippen LogP contribution < -0.4 is 5.32 Å². The van der Waals surface area contributed by atoms with Gasteiger partial charge in [-0.1, -0.05) is 0 Å². The van der Waals surface area contributed by atoms with E-state index < -0.39 is 0 Å². The Morgan fingerprint density at radius 1 is 1.69 bits per heavy atom. The summed E-state index contributed by atoms with van der Waals surface area (Å²) in [5.41, 5.74) is 0. The third-order valence-corrected chi connectivity index (χ3v) is 3.14. The fourth-order valence-electron chi connectivity index (χ4n) is 0.767. The molecule has 1 aromatic rings. The Bertz CT molecular complexity index is 298. The number of urea groups is 1. The van der Waals surface area contributed by atoms with Crippen molar-refractivity contribution >= 4 is 33.3 Å². The topological polar surface area (TPSA) is 32.3 Å². The molecule has 0 radical (unpaired) electrons. The van der Waals surface area contributed by atoms with Gasteiger partial charge in [-0.3, -0.25) is 0 Å². The molecule has 72 valence electrons. The Morgan fingerprint density at radius 2 is 2.38 bits per heavy atom. The first-order valence-corrected chi connectivity index (χ1v) is 5.45. The number of thiophene rings is 1. The molecule has 0 aromatic carbocycles. The van der Waals surface area contributed by atoms with Crippen LogP contribution in [0.25, 0.3) is 0 Å². The Morgan fingerprint density at radius 3 is 2.85 bits per heavy atom. The lowest BCUT2D eigenvalue weighted by molar-refractivity contribution is 0.217. The fraction of sp³-hybridized carbons (Fsp3) is 0.375. The highest BCUT2D eigenvalue weighted by molar-refractivity contribution is 9.10. The van der Waals surface area contributed by atoms with E-state index in [-0.39, 0.29) is 6.03 Å². The van der Waals surface area contributed by atoms with Crippen molar-refractivity contribution in [2.75, 3.05) is 14.1 Å². The number of halogens is 1. The maximum Gasteiger partial charge on any atom is 0.317 e. The van der Waals surface area contributed by atoms with Gasteiger partial charge in [0, 0.05) is 28.8 Å². The lowest BCUT2D eigenvalue weighted by Gasteiger charge is -2.10. The number of hydrogen-bond donors (Lipinski definition) is 1. The maximum atomic E-state index is 11.1. The van der Waals surface area contributed by atoms with Crippen LogP contribution in [0.5, 0.6) is 0 Å². The number of amides is 2. The quantitative estimate of drug-likeness (QED) is 0.872. The van der Waals surface area contributed by atoms with Crippen LogP contribution in [0, 0.1) is 0 Å².